The highest BCUT2D eigenvalue weighted by Crippen LogP contribution is 2.53. The zero-order chi connectivity index (χ0) is 26.0. The Morgan fingerprint density at radius 3 is 2.49 bits per heavy atom. The molecule has 3 aromatic carbocycles. The first kappa shape index (κ1) is 25.4. The van der Waals surface area contributed by atoms with Gasteiger partial charge in [0.1, 0.15) is 5.75 Å². The third-order valence-electron chi connectivity index (χ3n) is 7.71. The summed E-state index contributed by atoms with van der Waals surface area (Å²) in [6, 6.07) is 17.9. The van der Waals surface area contributed by atoms with Crippen LogP contribution in [0.25, 0.3) is 17.2 Å². The summed E-state index contributed by atoms with van der Waals surface area (Å²) in [6.45, 7) is 4.56. The molecule has 37 heavy (non-hydrogen) atoms. The molecule has 1 saturated heterocycles. The van der Waals surface area contributed by atoms with E-state index < -0.39 is 7.14 Å². The van der Waals surface area contributed by atoms with Crippen LogP contribution in [0.1, 0.15) is 47.9 Å². The Hall–Kier alpha value is -3.30. The summed E-state index contributed by atoms with van der Waals surface area (Å²) in [5, 5.41) is 3.03. The lowest BCUT2D eigenvalue weighted by Gasteiger charge is -2.22. The minimum absolute atomic E-state index is 0.130. The van der Waals surface area contributed by atoms with Gasteiger partial charge in [0, 0.05) is 47.4 Å². The maximum atomic E-state index is 13.2. The monoisotopic (exact) mass is 514 g/mol. The average molecular weight is 515 g/mol. The van der Waals surface area contributed by atoms with Crippen molar-refractivity contribution in [3.05, 3.63) is 82.4 Å². The smallest absolute Gasteiger partial charge is 0.251 e. The number of ether oxygens (including phenoxy) is 1. The van der Waals surface area contributed by atoms with Crippen LogP contribution in [0.5, 0.6) is 5.75 Å². The molecule has 0 saturated carbocycles. The zero-order valence-electron chi connectivity index (χ0n) is 21.7. The second-order valence-electron chi connectivity index (χ2n) is 10.3. The van der Waals surface area contributed by atoms with Gasteiger partial charge in [0.05, 0.1) is 13.7 Å². The number of amides is 1. The third kappa shape index (κ3) is 5.67. The SMILES string of the molecule is Cc1c(N)ccc(-c2ccc3c(c2)C=C(C(=O)Nc2ccc(CP4(=O)CCCCC4)cc2)CCO3)c1C. The lowest BCUT2D eigenvalue weighted by molar-refractivity contribution is -0.113. The number of fused-ring (bicyclic) bond motifs is 1. The number of hydrogen-bond donors (Lipinski definition) is 2. The van der Waals surface area contributed by atoms with Crippen LogP contribution in [0, 0.1) is 13.8 Å². The number of rotatable bonds is 5. The Balaban J connectivity index is 1.33. The number of nitrogens with two attached hydrogens (primary N) is 1. The van der Waals surface area contributed by atoms with E-state index in [1.54, 1.807) is 0 Å². The van der Waals surface area contributed by atoms with E-state index in [1.165, 1.54) is 6.42 Å². The van der Waals surface area contributed by atoms with Crippen molar-refractivity contribution >= 4 is 30.5 Å². The van der Waals surface area contributed by atoms with Gasteiger partial charge in [0.25, 0.3) is 5.91 Å². The first-order valence-corrected chi connectivity index (χ1v) is 15.4. The van der Waals surface area contributed by atoms with Gasteiger partial charge in [-0.1, -0.05) is 30.7 Å². The number of nitrogen functional groups attached to an aromatic ring is 1. The first-order chi connectivity index (χ1) is 17.8. The van der Waals surface area contributed by atoms with Gasteiger partial charge in [0.15, 0.2) is 0 Å². The summed E-state index contributed by atoms with van der Waals surface area (Å²) in [7, 11) is -2.09. The number of benzene rings is 3. The fourth-order valence-corrected chi connectivity index (χ4v) is 8.32. The van der Waals surface area contributed by atoms with Gasteiger partial charge >= 0.3 is 0 Å². The molecule has 2 aliphatic rings. The molecule has 1 amide bonds. The predicted molar refractivity (Wildman–Crippen MR) is 154 cm³/mol. The van der Waals surface area contributed by atoms with Crippen LogP contribution in [0.4, 0.5) is 11.4 Å². The Bertz CT molecular complexity index is 1400. The molecule has 192 valence electrons. The van der Waals surface area contributed by atoms with Crippen molar-refractivity contribution in [2.75, 3.05) is 30.0 Å². The molecule has 0 spiro atoms. The molecule has 2 aliphatic heterocycles. The second-order valence-corrected chi connectivity index (χ2v) is 13.7. The molecule has 0 bridgehead atoms. The van der Waals surface area contributed by atoms with Crippen LogP contribution in [0.2, 0.25) is 0 Å². The van der Waals surface area contributed by atoms with Gasteiger partial charge in [0.2, 0.25) is 0 Å². The number of carbonyl (C=O) groups excluding carboxylic acids is 1. The number of carbonyl (C=O) groups is 1. The molecule has 2 heterocycles. The summed E-state index contributed by atoms with van der Waals surface area (Å²) in [5.74, 6) is 0.646. The van der Waals surface area contributed by atoms with E-state index in [0.717, 1.165) is 75.7 Å². The topological polar surface area (TPSA) is 81.4 Å². The molecule has 3 aromatic rings. The predicted octanol–water partition coefficient (Wildman–Crippen LogP) is 7.40. The molecule has 3 N–H and O–H groups in total. The van der Waals surface area contributed by atoms with E-state index in [-0.39, 0.29) is 5.91 Å². The highest BCUT2D eigenvalue weighted by molar-refractivity contribution is 7.63. The van der Waals surface area contributed by atoms with Crippen molar-refractivity contribution in [2.45, 2.75) is 45.7 Å². The highest BCUT2D eigenvalue weighted by Gasteiger charge is 2.25. The largest absolute Gasteiger partial charge is 0.493 e. The van der Waals surface area contributed by atoms with Crippen LogP contribution in [-0.4, -0.2) is 24.8 Å². The van der Waals surface area contributed by atoms with Crippen LogP contribution in [-0.2, 0) is 15.5 Å². The molecule has 0 atom stereocenters. The fraction of sp³-hybridized carbons (Fsp3) is 0.323. The molecule has 0 unspecified atom stereocenters. The van der Waals surface area contributed by atoms with Gasteiger partial charge in [-0.2, -0.15) is 0 Å². The normalized spacial score (nSPS) is 16.6. The summed E-state index contributed by atoms with van der Waals surface area (Å²) in [6.07, 6.45) is 8.20. The summed E-state index contributed by atoms with van der Waals surface area (Å²) < 4.78 is 19.0. The highest BCUT2D eigenvalue weighted by atomic mass is 31.2. The molecule has 6 heteroatoms. The minimum Gasteiger partial charge on any atom is -0.493 e. The molecule has 0 aromatic heterocycles. The van der Waals surface area contributed by atoms with Gasteiger partial charge < -0.3 is 20.4 Å². The third-order valence-corrected chi connectivity index (χ3v) is 10.9. The minimum atomic E-state index is -2.09. The summed E-state index contributed by atoms with van der Waals surface area (Å²) >= 11 is 0. The van der Waals surface area contributed by atoms with E-state index in [9.17, 15) is 9.36 Å². The lowest BCUT2D eigenvalue weighted by atomic mass is 9.94. The molecular weight excluding hydrogens is 479 g/mol. The van der Waals surface area contributed by atoms with Crippen molar-refractivity contribution in [3.8, 4) is 16.9 Å². The fourth-order valence-electron chi connectivity index (χ4n) is 5.31. The van der Waals surface area contributed by atoms with E-state index in [4.69, 9.17) is 10.5 Å². The number of anilines is 2. The Morgan fingerprint density at radius 2 is 1.73 bits per heavy atom. The van der Waals surface area contributed by atoms with E-state index in [0.29, 0.717) is 24.8 Å². The second kappa shape index (κ2) is 10.6. The first-order valence-electron chi connectivity index (χ1n) is 13.1. The van der Waals surface area contributed by atoms with Crippen LogP contribution >= 0.6 is 7.14 Å². The number of hydrogen-bond acceptors (Lipinski definition) is 4. The number of nitrogens with one attached hydrogen (secondary N) is 1. The van der Waals surface area contributed by atoms with Crippen molar-refractivity contribution < 1.29 is 14.1 Å². The molecular formula is C31H35N2O3P. The Morgan fingerprint density at radius 1 is 0.973 bits per heavy atom. The quantitative estimate of drug-likeness (QED) is 0.274. The maximum Gasteiger partial charge on any atom is 0.251 e. The molecule has 1 fully saturated rings. The zero-order valence-corrected chi connectivity index (χ0v) is 22.6. The van der Waals surface area contributed by atoms with Gasteiger partial charge in [-0.25, -0.2) is 0 Å². The van der Waals surface area contributed by atoms with Crippen molar-refractivity contribution in [3.63, 3.8) is 0 Å². The maximum absolute atomic E-state index is 13.2. The van der Waals surface area contributed by atoms with Gasteiger partial charge in [-0.3, -0.25) is 4.79 Å². The van der Waals surface area contributed by atoms with E-state index >= 15 is 0 Å². The standard InChI is InChI=1S/C31H35N2O3P/c1-21-22(2)29(32)12-11-28(21)24-8-13-30-26(18-24)19-25(14-15-36-30)31(34)33-27-9-6-23(7-10-27)20-37(35)16-4-3-5-17-37/h6-13,18-19H,3-5,14-17,20,32H2,1-2H3,(H,33,34). The molecule has 5 rings (SSSR count). The lowest BCUT2D eigenvalue weighted by Crippen LogP contribution is -2.15. The van der Waals surface area contributed by atoms with E-state index in [2.05, 4.69) is 24.4 Å². The van der Waals surface area contributed by atoms with Crippen molar-refractivity contribution in [1.29, 1.82) is 0 Å². The van der Waals surface area contributed by atoms with Crippen LogP contribution < -0.4 is 15.8 Å². The van der Waals surface area contributed by atoms with Crippen molar-refractivity contribution in [1.82, 2.24) is 0 Å². The Kier molecular flexibility index (Phi) is 7.26. The summed E-state index contributed by atoms with van der Waals surface area (Å²) in [4.78, 5) is 13.2. The van der Waals surface area contributed by atoms with Crippen molar-refractivity contribution in [2.24, 2.45) is 0 Å². The van der Waals surface area contributed by atoms with E-state index in [1.807, 2.05) is 55.5 Å². The van der Waals surface area contributed by atoms with Gasteiger partial charge in [-0.15, -0.1) is 0 Å². The van der Waals surface area contributed by atoms with Crippen LogP contribution in [0.15, 0.2) is 60.2 Å². The average Bonchev–Trinajstić information content (AvgIpc) is 3.11. The van der Waals surface area contributed by atoms with Crippen LogP contribution in [0.3, 0.4) is 0 Å². The summed E-state index contributed by atoms with van der Waals surface area (Å²) in [5.41, 5.74) is 14.7. The molecule has 0 radical (unpaired) electrons. The molecule has 5 nitrogen and oxygen atoms in total. The van der Waals surface area contributed by atoms with Gasteiger partial charge in [-0.05, 0) is 90.9 Å². The Labute approximate surface area is 219 Å². The molecule has 0 aliphatic carbocycles.